The summed E-state index contributed by atoms with van der Waals surface area (Å²) in [6, 6.07) is 7.56. The van der Waals surface area contributed by atoms with Crippen molar-refractivity contribution in [2.24, 2.45) is 7.05 Å². The van der Waals surface area contributed by atoms with Crippen molar-refractivity contribution in [1.29, 1.82) is 0 Å². The molecule has 132 valence electrons. The van der Waals surface area contributed by atoms with Crippen LogP contribution in [0.15, 0.2) is 30.5 Å². The van der Waals surface area contributed by atoms with E-state index < -0.39 is 0 Å². The maximum absolute atomic E-state index is 12.7. The van der Waals surface area contributed by atoms with Gasteiger partial charge >= 0.3 is 0 Å². The molecule has 2 N–H and O–H groups in total. The summed E-state index contributed by atoms with van der Waals surface area (Å²) in [6.07, 6.45) is 2.55. The molecule has 0 aliphatic carbocycles. The van der Waals surface area contributed by atoms with Crippen LogP contribution in [0.25, 0.3) is 0 Å². The molecule has 25 heavy (non-hydrogen) atoms. The number of carbonyl (C=O) groups excluding carboxylic acids is 1. The number of hydrogen-bond donors (Lipinski definition) is 2. The van der Waals surface area contributed by atoms with Gasteiger partial charge in [0.1, 0.15) is 6.04 Å². The highest BCUT2D eigenvalue weighted by Gasteiger charge is 2.32. The minimum atomic E-state index is -0.274. The Bertz CT molecular complexity index is 790. The average Bonchev–Trinajstić information content (AvgIpc) is 3.33. The normalized spacial score (nSPS) is 21.5. The van der Waals surface area contributed by atoms with Gasteiger partial charge in [0.2, 0.25) is 12.7 Å². The third-order valence-electron chi connectivity index (χ3n) is 4.54. The first-order valence-electron chi connectivity index (χ1n) is 8.24. The van der Waals surface area contributed by atoms with Crippen molar-refractivity contribution in [1.82, 2.24) is 25.5 Å². The van der Waals surface area contributed by atoms with Gasteiger partial charge in [0.25, 0.3) is 0 Å². The zero-order chi connectivity index (χ0) is 17.4. The topological polar surface area (TPSA) is 80.7 Å². The van der Waals surface area contributed by atoms with Gasteiger partial charge in [0.15, 0.2) is 11.5 Å². The van der Waals surface area contributed by atoms with Crippen LogP contribution in [0.3, 0.4) is 0 Å². The van der Waals surface area contributed by atoms with E-state index in [-0.39, 0.29) is 24.8 Å². The SMILES string of the molecule is CN(Cc1ccn(C)n1)C(=O)C1CC(c2ccc3c(c2)OCO3)NN1. The third kappa shape index (κ3) is 3.18. The number of carbonyl (C=O) groups is 1. The summed E-state index contributed by atoms with van der Waals surface area (Å²) in [5, 5.41) is 4.32. The summed E-state index contributed by atoms with van der Waals surface area (Å²) in [5.41, 5.74) is 8.25. The van der Waals surface area contributed by atoms with Gasteiger partial charge in [-0.05, 0) is 30.2 Å². The van der Waals surface area contributed by atoms with Gasteiger partial charge in [-0.1, -0.05) is 6.07 Å². The van der Waals surface area contributed by atoms with E-state index in [0.717, 1.165) is 22.8 Å². The number of amides is 1. The van der Waals surface area contributed by atoms with Gasteiger partial charge in [-0.2, -0.15) is 5.10 Å². The Kier molecular flexibility index (Phi) is 4.06. The van der Waals surface area contributed by atoms with Crippen LogP contribution in [0, 0.1) is 0 Å². The van der Waals surface area contributed by atoms with Crippen LogP contribution in [0.1, 0.15) is 23.7 Å². The fourth-order valence-electron chi connectivity index (χ4n) is 3.20. The van der Waals surface area contributed by atoms with Gasteiger partial charge in [0.05, 0.1) is 12.2 Å². The lowest BCUT2D eigenvalue weighted by molar-refractivity contribution is -0.132. The number of hydrazine groups is 1. The highest BCUT2D eigenvalue weighted by atomic mass is 16.7. The van der Waals surface area contributed by atoms with E-state index in [9.17, 15) is 4.79 Å². The van der Waals surface area contributed by atoms with Gasteiger partial charge in [-0.3, -0.25) is 9.48 Å². The van der Waals surface area contributed by atoms with Gasteiger partial charge < -0.3 is 14.4 Å². The molecule has 2 aliphatic rings. The molecule has 1 saturated heterocycles. The van der Waals surface area contributed by atoms with Gasteiger partial charge in [0, 0.05) is 26.3 Å². The Hall–Kier alpha value is -2.58. The first-order valence-corrected chi connectivity index (χ1v) is 8.24. The summed E-state index contributed by atoms with van der Waals surface area (Å²) in [6.45, 7) is 0.751. The number of fused-ring (bicyclic) bond motifs is 1. The van der Waals surface area contributed by atoms with E-state index >= 15 is 0 Å². The number of hydrogen-bond acceptors (Lipinski definition) is 6. The Morgan fingerprint density at radius 2 is 2.16 bits per heavy atom. The summed E-state index contributed by atoms with van der Waals surface area (Å²) in [4.78, 5) is 14.4. The highest BCUT2D eigenvalue weighted by molar-refractivity contribution is 5.82. The van der Waals surface area contributed by atoms with E-state index in [0.29, 0.717) is 13.0 Å². The Morgan fingerprint density at radius 3 is 2.96 bits per heavy atom. The molecule has 3 heterocycles. The first-order chi connectivity index (χ1) is 12.1. The second-order valence-corrected chi connectivity index (χ2v) is 6.42. The number of nitrogens with zero attached hydrogens (tertiary/aromatic N) is 3. The molecule has 0 bridgehead atoms. The van der Waals surface area contributed by atoms with Crippen molar-refractivity contribution < 1.29 is 14.3 Å². The molecule has 0 spiro atoms. The molecule has 2 atom stereocenters. The molecular weight excluding hydrogens is 322 g/mol. The maximum atomic E-state index is 12.7. The predicted octanol–water partition coefficient (Wildman–Crippen LogP) is 0.715. The Balaban J connectivity index is 1.39. The second-order valence-electron chi connectivity index (χ2n) is 6.42. The minimum Gasteiger partial charge on any atom is -0.454 e. The third-order valence-corrected chi connectivity index (χ3v) is 4.54. The monoisotopic (exact) mass is 343 g/mol. The lowest BCUT2D eigenvalue weighted by atomic mass is 10.0. The fraction of sp³-hybridized carbons (Fsp3) is 0.412. The van der Waals surface area contributed by atoms with E-state index in [4.69, 9.17) is 9.47 Å². The van der Waals surface area contributed by atoms with Crippen LogP contribution in [0.4, 0.5) is 0 Å². The molecule has 1 amide bonds. The van der Waals surface area contributed by atoms with Crippen LogP contribution in [0.2, 0.25) is 0 Å². The summed E-state index contributed by atoms with van der Waals surface area (Å²) < 4.78 is 12.5. The zero-order valence-corrected chi connectivity index (χ0v) is 14.2. The lowest BCUT2D eigenvalue weighted by Gasteiger charge is -2.19. The van der Waals surface area contributed by atoms with Crippen LogP contribution in [0.5, 0.6) is 11.5 Å². The van der Waals surface area contributed by atoms with Crippen molar-refractivity contribution >= 4 is 5.91 Å². The molecule has 1 aromatic carbocycles. The molecule has 2 aromatic rings. The number of nitrogens with one attached hydrogen (secondary N) is 2. The number of aryl methyl sites for hydroxylation is 1. The molecule has 8 heteroatoms. The van der Waals surface area contributed by atoms with Crippen molar-refractivity contribution in [3.05, 3.63) is 41.7 Å². The molecule has 0 radical (unpaired) electrons. The largest absolute Gasteiger partial charge is 0.454 e. The standard InChI is InChI=1S/C17H21N5O3/c1-21(9-12-5-6-22(2)20-12)17(23)14-8-13(18-19-14)11-3-4-15-16(7-11)25-10-24-15/h3-7,13-14,18-19H,8-10H2,1-2H3. The molecule has 1 aromatic heterocycles. The smallest absolute Gasteiger partial charge is 0.241 e. The molecule has 2 unspecified atom stereocenters. The van der Waals surface area contributed by atoms with Crippen LogP contribution < -0.4 is 20.3 Å². The number of aromatic nitrogens is 2. The molecule has 8 nitrogen and oxygen atoms in total. The number of likely N-dealkylation sites (N-methyl/N-ethyl adjacent to an activating group) is 1. The van der Waals surface area contributed by atoms with E-state index in [1.54, 1.807) is 16.6 Å². The van der Waals surface area contributed by atoms with Crippen molar-refractivity contribution in [3.63, 3.8) is 0 Å². The Morgan fingerprint density at radius 1 is 1.32 bits per heavy atom. The van der Waals surface area contributed by atoms with E-state index in [1.807, 2.05) is 37.5 Å². The second kappa shape index (κ2) is 6.38. The summed E-state index contributed by atoms with van der Waals surface area (Å²) >= 11 is 0. The number of benzene rings is 1. The lowest BCUT2D eigenvalue weighted by Crippen LogP contribution is -2.43. The molecule has 2 aliphatic heterocycles. The van der Waals surface area contributed by atoms with Gasteiger partial charge in [-0.15, -0.1) is 0 Å². The molecule has 4 rings (SSSR count). The average molecular weight is 343 g/mol. The quantitative estimate of drug-likeness (QED) is 0.851. The summed E-state index contributed by atoms with van der Waals surface area (Å²) in [5.74, 6) is 1.56. The highest BCUT2D eigenvalue weighted by Crippen LogP contribution is 2.35. The number of rotatable bonds is 4. The first kappa shape index (κ1) is 15.9. The number of ether oxygens (including phenoxy) is 2. The van der Waals surface area contributed by atoms with Crippen LogP contribution >= 0.6 is 0 Å². The Labute approximate surface area is 145 Å². The van der Waals surface area contributed by atoms with E-state index in [1.165, 1.54) is 0 Å². The van der Waals surface area contributed by atoms with Crippen molar-refractivity contribution in [2.45, 2.75) is 25.0 Å². The fourth-order valence-corrected chi connectivity index (χ4v) is 3.20. The predicted molar refractivity (Wildman–Crippen MR) is 89.7 cm³/mol. The molecular formula is C17H21N5O3. The van der Waals surface area contributed by atoms with E-state index in [2.05, 4.69) is 16.0 Å². The van der Waals surface area contributed by atoms with Crippen LogP contribution in [-0.2, 0) is 18.4 Å². The summed E-state index contributed by atoms with van der Waals surface area (Å²) in [7, 11) is 3.66. The minimum absolute atomic E-state index is 0.0430. The molecule has 1 fully saturated rings. The van der Waals surface area contributed by atoms with Gasteiger partial charge in [-0.25, -0.2) is 10.9 Å². The van der Waals surface area contributed by atoms with Crippen LogP contribution in [-0.4, -0.2) is 40.5 Å². The zero-order valence-electron chi connectivity index (χ0n) is 14.2. The maximum Gasteiger partial charge on any atom is 0.241 e. The van der Waals surface area contributed by atoms with Crippen molar-refractivity contribution in [2.75, 3.05) is 13.8 Å². The molecule has 0 saturated carbocycles. The van der Waals surface area contributed by atoms with Crippen molar-refractivity contribution in [3.8, 4) is 11.5 Å².